The van der Waals surface area contributed by atoms with Gasteiger partial charge in [-0.25, -0.2) is 12.7 Å². The lowest BCUT2D eigenvalue weighted by molar-refractivity contribution is -0.120. The van der Waals surface area contributed by atoms with Crippen LogP contribution in [0.25, 0.3) is 0 Å². The highest BCUT2D eigenvalue weighted by Crippen LogP contribution is 2.34. The monoisotopic (exact) mass is 370 g/mol. The number of amides is 1. The Morgan fingerprint density at radius 1 is 1.36 bits per heavy atom. The molecule has 1 saturated heterocycles. The average Bonchev–Trinajstić information content (AvgIpc) is 3.08. The molecule has 2 aliphatic heterocycles. The van der Waals surface area contributed by atoms with Crippen LogP contribution in [0.2, 0.25) is 0 Å². The highest BCUT2D eigenvalue weighted by atomic mass is 32.2. The van der Waals surface area contributed by atoms with Gasteiger partial charge in [0.15, 0.2) is 11.5 Å². The molecule has 1 aromatic carbocycles. The van der Waals surface area contributed by atoms with Crippen molar-refractivity contribution in [2.45, 2.75) is 12.8 Å². The first kappa shape index (κ1) is 18.0. The maximum absolute atomic E-state index is 12.5. The fourth-order valence-corrected chi connectivity index (χ4v) is 4.40. The number of fused-ring (bicyclic) bond motifs is 1. The van der Waals surface area contributed by atoms with Crippen LogP contribution in [0.1, 0.15) is 12.8 Å². The standard InChI is InChI=1S/C16H22N2O6S/c1-22-7-8-25(20,21)18-6-2-3-12(10-18)16(19)17-13-4-5-14-15(9-13)24-11-23-14/h4-5,9,12H,2-3,6-8,10-11H2,1H3,(H,17,19). The second-order valence-electron chi connectivity index (χ2n) is 6.06. The third-order valence-electron chi connectivity index (χ3n) is 4.33. The van der Waals surface area contributed by atoms with Crippen molar-refractivity contribution in [2.24, 2.45) is 5.92 Å². The zero-order chi connectivity index (χ0) is 17.9. The van der Waals surface area contributed by atoms with Crippen LogP contribution in [-0.4, -0.2) is 58.0 Å². The van der Waals surface area contributed by atoms with E-state index in [1.165, 1.54) is 11.4 Å². The van der Waals surface area contributed by atoms with Crippen molar-refractivity contribution < 1.29 is 27.4 Å². The molecular formula is C16H22N2O6S. The van der Waals surface area contributed by atoms with Crippen molar-refractivity contribution in [2.75, 3.05) is 44.7 Å². The largest absolute Gasteiger partial charge is 0.454 e. The summed E-state index contributed by atoms with van der Waals surface area (Å²) in [6.07, 6.45) is 1.32. The van der Waals surface area contributed by atoms with Gasteiger partial charge < -0.3 is 19.5 Å². The van der Waals surface area contributed by atoms with Crippen LogP contribution in [0, 0.1) is 5.92 Å². The minimum absolute atomic E-state index is 0.0694. The van der Waals surface area contributed by atoms with Crippen molar-refractivity contribution in [1.82, 2.24) is 4.31 Å². The van der Waals surface area contributed by atoms with Gasteiger partial charge in [-0.3, -0.25) is 4.79 Å². The van der Waals surface area contributed by atoms with Crippen molar-refractivity contribution in [1.29, 1.82) is 0 Å². The maximum Gasteiger partial charge on any atom is 0.231 e. The number of carbonyl (C=O) groups excluding carboxylic acids is 1. The van der Waals surface area contributed by atoms with Crippen LogP contribution < -0.4 is 14.8 Å². The fourth-order valence-electron chi connectivity index (χ4n) is 2.95. The number of nitrogens with one attached hydrogen (secondary N) is 1. The minimum Gasteiger partial charge on any atom is -0.454 e. The predicted molar refractivity (Wildman–Crippen MR) is 91.2 cm³/mol. The molecule has 1 unspecified atom stereocenters. The van der Waals surface area contributed by atoms with Crippen LogP contribution >= 0.6 is 0 Å². The lowest BCUT2D eigenvalue weighted by Crippen LogP contribution is -2.45. The van der Waals surface area contributed by atoms with E-state index in [2.05, 4.69) is 5.32 Å². The molecular weight excluding hydrogens is 348 g/mol. The second kappa shape index (κ2) is 7.59. The Morgan fingerprint density at radius 2 is 2.16 bits per heavy atom. The Hall–Kier alpha value is -1.84. The molecule has 2 aliphatic rings. The maximum atomic E-state index is 12.5. The van der Waals surface area contributed by atoms with Gasteiger partial charge in [0.1, 0.15) is 0 Å². The lowest BCUT2D eigenvalue weighted by atomic mass is 9.98. The molecule has 1 N–H and O–H groups in total. The molecule has 0 radical (unpaired) electrons. The van der Waals surface area contributed by atoms with E-state index in [0.717, 1.165) is 0 Å². The molecule has 1 amide bonds. The first-order chi connectivity index (χ1) is 12.0. The van der Waals surface area contributed by atoms with Gasteiger partial charge in [-0.15, -0.1) is 0 Å². The molecule has 138 valence electrons. The Labute approximate surface area is 147 Å². The van der Waals surface area contributed by atoms with Gasteiger partial charge in [0.05, 0.1) is 18.3 Å². The summed E-state index contributed by atoms with van der Waals surface area (Å²) in [6, 6.07) is 5.18. The van der Waals surface area contributed by atoms with E-state index in [-0.39, 0.29) is 37.5 Å². The first-order valence-electron chi connectivity index (χ1n) is 8.17. The summed E-state index contributed by atoms with van der Waals surface area (Å²) >= 11 is 0. The zero-order valence-electron chi connectivity index (χ0n) is 14.1. The Bertz CT molecular complexity index is 736. The summed E-state index contributed by atoms with van der Waals surface area (Å²) in [5.74, 6) is 0.596. The third-order valence-corrected chi connectivity index (χ3v) is 6.13. The molecule has 0 spiro atoms. The van der Waals surface area contributed by atoms with Crippen LogP contribution in [0.15, 0.2) is 18.2 Å². The summed E-state index contributed by atoms with van der Waals surface area (Å²) in [4.78, 5) is 12.5. The topological polar surface area (TPSA) is 94.2 Å². The Kier molecular flexibility index (Phi) is 5.45. The van der Waals surface area contributed by atoms with E-state index in [1.807, 2.05) is 0 Å². The van der Waals surface area contributed by atoms with Crippen molar-refractivity contribution in [3.63, 3.8) is 0 Å². The molecule has 0 saturated carbocycles. The molecule has 3 rings (SSSR count). The first-order valence-corrected chi connectivity index (χ1v) is 9.78. The molecule has 1 fully saturated rings. The molecule has 2 heterocycles. The van der Waals surface area contributed by atoms with E-state index >= 15 is 0 Å². The summed E-state index contributed by atoms with van der Waals surface area (Å²) in [6.45, 7) is 0.957. The number of rotatable bonds is 6. The van der Waals surface area contributed by atoms with Crippen molar-refractivity contribution in [3.8, 4) is 11.5 Å². The van der Waals surface area contributed by atoms with Crippen LogP contribution in [0.4, 0.5) is 5.69 Å². The number of piperidine rings is 1. The van der Waals surface area contributed by atoms with Gasteiger partial charge in [0, 0.05) is 32.0 Å². The predicted octanol–water partition coefficient (Wildman–Crippen LogP) is 1.04. The van der Waals surface area contributed by atoms with Gasteiger partial charge in [0.2, 0.25) is 22.7 Å². The molecule has 1 aromatic rings. The second-order valence-corrected chi connectivity index (χ2v) is 8.15. The fraction of sp³-hybridized carbons (Fsp3) is 0.562. The quantitative estimate of drug-likeness (QED) is 0.804. The van der Waals surface area contributed by atoms with Crippen LogP contribution in [0.3, 0.4) is 0 Å². The van der Waals surface area contributed by atoms with Crippen LogP contribution in [0.5, 0.6) is 11.5 Å². The van der Waals surface area contributed by atoms with Gasteiger partial charge in [-0.05, 0) is 25.0 Å². The van der Waals surface area contributed by atoms with Crippen molar-refractivity contribution in [3.05, 3.63) is 18.2 Å². The molecule has 0 aromatic heterocycles. The normalized spacial score (nSPS) is 20.4. The molecule has 0 aliphatic carbocycles. The number of methoxy groups -OCH3 is 1. The number of carbonyl (C=O) groups is 1. The summed E-state index contributed by atoms with van der Waals surface area (Å²) in [7, 11) is -1.94. The van der Waals surface area contributed by atoms with Gasteiger partial charge >= 0.3 is 0 Å². The smallest absolute Gasteiger partial charge is 0.231 e. The minimum atomic E-state index is -3.40. The van der Waals surface area contributed by atoms with E-state index in [0.29, 0.717) is 36.6 Å². The third kappa shape index (κ3) is 4.23. The molecule has 1 atom stereocenters. The lowest BCUT2D eigenvalue weighted by Gasteiger charge is -2.31. The number of anilines is 1. The number of benzene rings is 1. The van der Waals surface area contributed by atoms with Gasteiger partial charge in [-0.2, -0.15) is 0 Å². The summed E-state index contributed by atoms with van der Waals surface area (Å²) in [5, 5.41) is 2.84. The zero-order valence-corrected chi connectivity index (χ0v) is 14.9. The summed E-state index contributed by atoms with van der Waals surface area (Å²) in [5.41, 5.74) is 0.605. The van der Waals surface area contributed by atoms with Crippen molar-refractivity contribution >= 4 is 21.6 Å². The average molecular weight is 370 g/mol. The van der Waals surface area contributed by atoms with E-state index < -0.39 is 10.0 Å². The highest BCUT2D eigenvalue weighted by molar-refractivity contribution is 7.89. The molecule has 0 bridgehead atoms. The van der Waals surface area contributed by atoms with Gasteiger partial charge in [-0.1, -0.05) is 0 Å². The molecule has 8 nitrogen and oxygen atoms in total. The Morgan fingerprint density at radius 3 is 2.96 bits per heavy atom. The number of hydrogen-bond acceptors (Lipinski definition) is 6. The van der Waals surface area contributed by atoms with E-state index in [1.54, 1.807) is 18.2 Å². The number of ether oxygens (including phenoxy) is 3. The number of sulfonamides is 1. The number of nitrogens with zero attached hydrogens (tertiary/aromatic N) is 1. The molecule has 9 heteroatoms. The SMILES string of the molecule is COCCS(=O)(=O)N1CCCC(C(=O)Nc2ccc3c(c2)OCO3)C1. The van der Waals surface area contributed by atoms with E-state index in [4.69, 9.17) is 14.2 Å². The van der Waals surface area contributed by atoms with Gasteiger partial charge in [0.25, 0.3) is 0 Å². The Balaban J connectivity index is 1.62. The molecule has 25 heavy (non-hydrogen) atoms. The van der Waals surface area contributed by atoms with Crippen LogP contribution in [-0.2, 0) is 19.6 Å². The highest BCUT2D eigenvalue weighted by Gasteiger charge is 2.32. The number of hydrogen-bond donors (Lipinski definition) is 1. The van der Waals surface area contributed by atoms with E-state index in [9.17, 15) is 13.2 Å². The summed E-state index contributed by atoms with van der Waals surface area (Å²) < 4.78 is 41.3.